The number of carboxylic acid groups (broad SMARTS) is 1. The lowest BCUT2D eigenvalue weighted by Crippen LogP contribution is -2.50. The lowest BCUT2D eigenvalue weighted by molar-refractivity contribution is -0.110. The van der Waals surface area contributed by atoms with Crippen molar-refractivity contribution in [2.75, 3.05) is 0 Å². The summed E-state index contributed by atoms with van der Waals surface area (Å²) in [7, 11) is -2.54. The SMILES string of the molecule is Cc1cc(C(=O)O)ccc1C1=C2C=CC(=O)C(Cl)=C2[Si](C)(C)c2c1ccc(O)c2Cl. The number of carbonyl (C=O) groups excluding carboxylic acids is 1. The third-order valence-corrected chi connectivity index (χ3v) is 10.4. The smallest absolute Gasteiger partial charge is 0.335 e. The topological polar surface area (TPSA) is 74.6 Å². The van der Waals surface area contributed by atoms with Crippen LogP contribution in [0, 0.1) is 6.92 Å². The Morgan fingerprint density at radius 2 is 1.70 bits per heavy atom. The van der Waals surface area contributed by atoms with Crippen molar-refractivity contribution in [1.29, 1.82) is 0 Å². The van der Waals surface area contributed by atoms with E-state index in [0.717, 1.165) is 38.2 Å². The second-order valence-electron chi connectivity index (χ2n) is 7.96. The minimum atomic E-state index is -2.54. The zero-order chi connectivity index (χ0) is 22.0. The van der Waals surface area contributed by atoms with Gasteiger partial charge in [0, 0.05) is 0 Å². The molecule has 0 radical (unpaired) electrons. The summed E-state index contributed by atoms with van der Waals surface area (Å²) in [6.45, 7) is 5.95. The summed E-state index contributed by atoms with van der Waals surface area (Å²) >= 11 is 13.1. The van der Waals surface area contributed by atoms with Crippen LogP contribution in [-0.4, -0.2) is 30.0 Å². The molecule has 2 aliphatic rings. The number of aryl methyl sites for hydroxylation is 1. The van der Waals surface area contributed by atoms with Gasteiger partial charge in [0.2, 0.25) is 0 Å². The molecular formula is C23H18Cl2O4Si. The van der Waals surface area contributed by atoms with Gasteiger partial charge in [0.25, 0.3) is 0 Å². The van der Waals surface area contributed by atoms with E-state index in [2.05, 4.69) is 13.1 Å². The number of ketones is 1. The number of phenolic OH excluding ortho intramolecular Hbond substituents is 1. The van der Waals surface area contributed by atoms with Gasteiger partial charge < -0.3 is 10.2 Å². The van der Waals surface area contributed by atoms with Gasteiger partial charge in [-0.25, -0.2) is 4.79 Å². The average molecular weight is 457 g/mol. The van der Waals surface area contributed by atoms with Crippen molar-refractivity contribution in [3.63, 3.8) is 0 Å². The third-order valence-electron chi connectivity index (χ3n) is 5.76. The molecule has 0 unspecified atom stereocenters. The highest BCUT2D eigenvalue weighted by atomic mass is 35.5. The lowest BCUT2D eigenvalue weighted by Gasteiger charge is -2.39. The number of fused-ring (bicyclic) bond motifs is 2. The summed E-state index contributed by atoms with van der Waals surface area (Å²) in [5.74, 6) is -1.28. The number of benzene rings is 2. The maximum Gasteiger partial charge on any atom is 0.335 e. The molecule has 0 bridgehead atoms. The fourth-order valence-corrected chi connectivity index (χ4v) is 9.51. The van der Waals surface area contributed by atoms with Gasteiger partial charge in [0.1, 0.15) is 13.8 Å². The number of halogens is 2. The van der Waals surface area contributed by atoms with Crippen LogP contribution in [0.3, 0.4) is 0 Å². The highest BCUT2D eigenvalue weighted by Crippen LogP contribution is 2.46. The largest absolute Gasteiger partial charge is 0.506 e. The Morgan fingerprint density at radius 1 is 1.03 bits per heavy atom. The Kier molecular flexibility index (Phi) is 4.81. The summed E-state index contributed by atoms with van der Waals surface area (Å²) in [5, 5.41) is 21.7. The predicted octanol–water partition coefficient (Wildman–Crippen LogP) is 4.95. The van der Waals surface area contributed by atoms with Crippen LogP contribution in [0.2, 0.25) is 18.1 Å². The molecule has 0 spiro atoms. The molecule has 7 heteroatoms. The van der Waals surface area contributed by atoms with Crippen molar-refractivity contribution < 1.29 is 19.8 Å². The van der Waals surface area contributed by atoms with E-state index in [1.807, 2.05) is 13.0 Å². The molecule has 1 aliphatic carbocycles. The Hall–Kier alpha value is -2.60. The maximum absolute atomic E-state index is 12.4. The highest BCUT2D eigenvalue weighted by Gasteiger charge is 2.44. The second kappa shape index (κ2) is 6.98. The first-order valence-corrected chi connectivity index (χ1v) is 13.0. The fraction of sp³-hybridized carbons (Fsp3) is 0.130. The van der Waals surface area contributed by atoms with Crippen molar-refractivity contribution in [1.82, 2.24) is 0 Å². The van der Waals surface area contributed by atoms with Gasteiger partial charge in [-0.1, -0.05) is 54.5 Å². The summed E-state index contributed by atoms with van der Waals surface area (Å²) < 4.78 is 0. The van der Waals surface area contributed by atoms with E-state index in [1.54, 1.807) is 30.3 Å². The number of phenols is 1. The van der Waals surface area contributed by atoms with E-state index < -0.39 is 14.0 Å². The van der Waals surface area contributed by atoms with Crippen LogP contribution in [0.5, 0.6) is 5.75 Å². The Balaban J connectivity index is 2.16. The minimum Gasteiger partial charge on any atom is -0.506 e. The van der Waals surface area contributed by atoms with Crippen LogP contribution >= 0.6 is 23.2 Å². The molecule has 30 heavy (non-hydrogen) atoms. The molecule has 0 saturated heterocycles. The van der Waals surface area contributed by atoms with E-state index in [9.17, 15) is 19.8 Å². The molecule has 0 fully saturated rings. The highest BCUT2D eigenvalue weighted by molar-refractivity contribution is 6.99. The molecule has 2 aromatic rings. The minimum absolute atomic E-state index is 0.0221. The number of aromatic carboxylic acids is 1. The van der Waals surface area contributed by atoms with Crippen LogP contribution in [-0.2, 0) is 4.79 Å². The van der Waals surface area contributed by atoms with Gasteiger partial charge in [0.15, 0.2) is 5.78 Å². The van der Waals surface area contributed by atoms with E-state index in [-0.39, 0.29) is 27.2 Å². The number of hydrogen-bond donors (Lipinski definition) is 2. The van der Waals surface area contributed by atoms with Crippen LogP contribution in [0.25, 0.3) is 5.57 Å². The number of carbonyl (C=O) groups is 2. The van der Waals surface area contributed by atoms with Crippen LogP contribution < -0.4 is 5.19 Å². The van der Waals surface area contributed by atoms with Crippen LogP contribution in [0.4, 0.5) is 0 Å². The Morgan fingerprint density at radius 3 is 2.33 bits per heavy atom. The predicted molar refractivity (Wildman–Crippen MR) is 121 cm³/mol. The number of aromatic hydroxyl groups is 1. The number of allylic oxidation sites excluding steroid dienone is 5. The molecule has 1 aliphatic heterocycles. The van der Waals surface area contributed by atoms with Crippen molar-refractivity contribution in [3.8, 4) is 5.75 Å². The number of hydrogen-bond acceptors (Lipinski definition) is 3. The number of rotatable bonds is 2. The first-order chi connectivity index (χ1) is 14.1. The van der Waals surface area contributed by atoms with Crippen molar-refractivity contribution in [2.45, 2.75) is 20.0 Å². The first kappa shape index (κ1) is 20.7. The quantitative estimate of drug-likeness (QED) is 0.626. The Labute approximate surface area is 184 Å². The van der Waals surface area contributed by atoms with Gasteiger partial charge in [-0.3, -0.25) is 4.79 Å². The molecular weight excluding hydrogens is 439 g/mol. The van der Waals surface area contributed by atoms with E-state index in [0.29, 0.717) is 0 Å². The third kappa shape index (κ3) is 2.88. The molecule has 0 atom stereocenters. The van der Waals surface area contributed by atoms with Gasteiger partial charge in [-0.2, -0.15) is 0 Å². The molecule has 1 heterocycles. The van der Waals surface area contributed by atoms with Crippen LogP contribution in [0.1, 0.15) is 27.0 Å². The standard InChI is InChI=1S/C23H18Cl2O4Si/c1-11-10-12(23(28)29)4-5-13(11)18-14-6-8-16(26)19(24)21(14)30(2,3)22-15(18)7-9-17(27)20(22)25/h4-10,26H,1-3H3,(H,28,29). The van der Waals surface area contributed by atoms with Crippen molar-refractivity contribution in [2.24, 2.45) is 0 Å². The van der Waals surface area contributed by atoms with E-state index >= 15 is 0 Å². The van der Waals surface area contributed by atoms with Gasteiger partial charge in [-0.15, -0.1) is 0 Å². The van der Waals surface area contributed by atoms with Crippen LogP contribution in [0.15, 0.2) is 58.3 Å². The Bertz CT molecular complexity index is 1250. The number of carboxylic acids is 1. The monoisotopic (exact) mass is 456 g/mol. The molecule has 2 N–H and O–H groups in total. The van der Waals surface area contributed by atoms with Gasteiger partial charge in [-0.05, 0) is 69.4 Å². The van der Waals surface area contributed by atoms with E-state index in [4.69, 9.17) is 23.2 Å². The fourth-order valence-electron chi connectivity index (χ4n) is 4.40. The van der Waals surface area contributed by atoms with Gasteiger partial charge >= 0.3 is 5.97 Å². The zero-order valence-corrected chi connectivity index (χ0v) is 19.0. The van der Waals surface area contributed by atoms with Gasteiger partial charge in [0.05, 0.1) is 15.6 Å². The molecule has 0 aromatic heterocycles. The zero-order valence-electron chi connectivity index (χ0n) is 16.5. The molecule has 2 aromatic carbocycles. The summed E-state index contributed by atoms with van der Waals surface area (Å²) in [6.07, 6.45) is 3.24. The maximum atomic E-state index is 12.4. The average Bonchev–Trinajstić information content (AvgIpc) is 2.67. The first-order valence-electron chi connectivity index (χ1n) is 9.29. The summed E-state index contributed by atoms with van der Waals surface area (Å²) in [6, 6.07) is 8.32. The molecule has 4 rings (SSSR count). The summed E-state index contributed by atoms with van der Waals surface area (Å²) in [5.41, 5.74) is 4.32. The van der Waals surface area contributed by atoms with Crippen molar-refractivity contribution in [3.05, 3.63) is 85.6 Å². The molecule has 0 amide bonds. The molecule has 152 valence electrons. The van der Waals surface area contributed by atoms with E-state index in [1.165, 1.54) is 6.08 Å². The molecule has 0 saturated carbocycles. The summed E-state index contributed by atoms with van der Waals surface area (Å²) in [4.78, 5) is 23.8. The second-order valence-corrected chi connectivity index (χ2v) is 13.0. The normalized spacial score (nSPS) is 17.2. The van der Waals surface area contributed by atoms with Crippen molar-refractivity contribution >= 4 is 53.8 Å². The lowest BCUT2D eigenvalue weighted by atomic mass is 9.87. The molecule has 4 nitrogen and oxygen atoms in total.